The molecule has 160 valence electrons. The second kappa shape index (κ2) is 8.13. The lowest BCUT2D eigenvalue weighted by molar-refractivity contribution is 0.0730. The van der Waals surface area contributed by atoms with Gasteiger partial charge in [-0.2, -0.15) is 5.10 Å². The summed E-state index contributed by atoms with van der Waals surface area (Å²) in [5.41, 5.74) is 4.25. The molecule has 1 aliphatic rings. The summed E-state index contributed by atoms with van der Waals surface area (Å²) in [6.45, 7) is 0.349. The summed E-state index contributed by atoms with van der Waals surface area (Å²) in [4.78, 5) is 15.1. The maximum absolute atomic E-state index is 14.2. The van der Waals surface area contributed by atoms with Crippen LogP contribution in [0.3, 0.4) is 0 Å². The van der Waals surface area contributed by atoms with E-state index in [4.69, 9.17) is 16.3 Å². The highest BCUT2D eigenvalue weighted by atomic mass is 35.5. The standard InChI is InChI=1S/C25H19ClFN3O2/c1-32-20-11-7-16(8-12-20)22-21-23(29-28-22)25(31)30(14-15-5-9-18(26)10-6-15)24(21)17-3-2-4-19(27)13-17/h2-13,24H,14H2,1H3,(H,28,29). The molecule has 0 saturated heterocycles. The number of fused-ring (bicyclic) bond motifs is 1. The molecule has 32 heavy (non-hydrogen) atoms. The predicted octanol–water partition coefficient (Wildman–Crippen LogP) is 5.62. The number of aromatic amines is 1. The van der Waals surface area contributed by atoms with Crippen molar-refractivity contribution in [2.75, 3.05) is 7.11 Å². The molecular weight excluding hydrogens is 429 g/mol. The van der Waals surface area contributed by atoms with Crippen molar-refractivity contribution >= 4 is 17.5 Å². The quantitative estimate of drug-likeness (QED) is 0.431. The Labute approximate surface area is 189 Å². The van der Waals surface area contributed by atoms with Gasteiger partial charge in [-0.25, -0.2) is 4.39 Å². The first-order valence-electron chi connectivity index (χ1n) is 10.1. The van der Waals surface area contributed by atoms with E-state index in [1.807, 2.05) is 42.5 Å². The van der Waals surface area contributed by atoms with Crippen LogP contribution in [0.4, 0.5) is 4.39 Å². The lowest BCUT2D eigenvalue weighted by atomic mass is 9.95. The van der Waals surface area contributed by atoms with Gasteiger partial charge in [0, 0.05) is 22.7 Å². The van der Waals surface area contributed by atoms with Crippen LogP contribution in [0.5, 0.6) is 5.75 Å². The smallest absolute Gasteiger partial charge is 0.273 e. The van der Waals surface area contributed by atoms with E-state index in [0.717, 1.165) is 22.4 Å². The van der Waals surface area contributed by atoms with Gasteiger partial charge in [-0.05, 0) is 59.7 Å². The van der Waals surface area contributed by atoms with Crippen LogP contribution in [0.25, 0.3) is 11.3 Å². The van der Waals surface area contributed by atoms with Crippen LogP contribution in [0.1, 0.15) is 33.2 Å². The molecule has 1 N–H and O–H groups in total. The van der Waals surface area contributed by atoms with Crippen LogP contribution in [0.2, 0.25) is 5.02 Å². The summed E-state index contributed by atoms with van der Waals surface area (Å²) in [5, 5.41) is 7.98. The Morgan fingerprint density at radius 1 is 1.09 bits per heavy atom. The summed E-state index contributed by atoms with van der Waals surface area (Å²) in [5.74, 6) is 0.184. The molecular formula is C25H19ClFN3O2. The molecule has 1 aliphatic heterocycles. The third-order valence-electron chi connectivity index (χ3n) is 5.66. The molecule has 3 aromatic carbocycles. The van der Waals surface area contributed by atoms with Crippen LogP contribution in [0, 0.1) is 5.82 Å². The topological polar surface area (TPSA) is 58.2 Å². The van der Waals surface area contributed by atoms with Crippen molar-refractivity contribution in [3.05, 3.63) is 106 Å². The van der Waals surface area contributed by atoms with E-state index in [1.54, 1.807) is 30.2 Å². The molecule has 4 aromatic rings. The molecule has 1 amide bonds. The van der Waals surface area contributed by atoms with E-state index in [1.165, 1.54) is 12.1 Å². The highest BCUT2D eigenvalue weighted by molar-refractivity contribution is 6.30. The molecule has 2 heterocycles. The Morgan fingerprint density at radius 3 is 2.53 bits per heavy atom. The summed E-state index contributed by atoms with van der Waals surface area (Å²) < 4.78 is 19.4. The average molecular weight is 448 g/mol. The highest BCUT2D eigenvalue weighted by Gasteiger charge is 2.42. The van der Waals surface area contributed by atoms with Gasteiger partial charge in [0.25, 0.3) is 5.91 Å². The number of rotatable bonds is 5. The molecule has 1 atom stereocenters. The van der Waals surface area contributed by atoms with Gasteiger partial charge >= 0.3 is 0 Å². The molecule has 1 aromatic heterocycles. The molecule has 0 bridgehead atoms. The maximum atomic E-state index is 14.2. The lowest BCUT2D eigenvalue weighted by Crippen LogP contribution is -2.29. The van der Waals surface area contributed by atoms with E-state index >= 15 is 0 Å². The second-order valence-corrected chi connectivity index (χ2v) is 8.04. The van der Waals surface area contributed by atoms with Gasteiger partial charge in [0.2, 0.25) is 0 Å². The largest absolute Gasteiger partial charge is 0.497 e. The first-order chi connectivity index (χ1) is 15.5. The van der Waals surface area contributed by atoms with Crippen LogP contribution >= 0.6 is 11.6 Å². The second-order valence-electron chi connectivity index (χ2n) is 7.61. The number of methoxy groups -OCH3 is 1. The van der Waals surface area contributed by atoms with Gasteiger partial charge in [-0.15, -0.1) is 0 Å². The van der Waals surface area contributed by atoms with Gasteiger partial charge in [0.1, 0.15) is 17.3 Å². The summed E-state index contributed by atoms with van der Waals surface area (Å²) >= 11 is 6.02. The molecule has 1 unspecified atom stereocenters. The van der Waals surface area contributed by atoms with Gasteiger partial charge in [0.05, 0.1) is 18.8 Å². The Morgan fingerprint density at radius 2 is 1.84 bits per heavy atom. The number of nitrogens with zero attached hydrogens (tertiary/aromatic N) is 2. The number of hydrogen-bond donors (Lipinski definition) is 1. The number of halogens is 2. The number of H-pyrrole nitrogens is 1. The SMILES string of the molecule is COc1ccc(-c2n[nH]c3c2C(c2cccc(F)c2)N(Cc2ccc(Cl)cc2)C3=O)cc1. The number of amides is 1. The maximum Gasteiger partial charge on any atom is 0.273 e. The molecule has 0 radical (unpaired) electrons. The number of ether oxygens (including phenoxy) is 1. The number of carbonyl (C=O) groups is 1. The van der Waals surface area contributed by atoms with Gasteiger partial charge in [-0.3, -0.25) is 9.89 Å². The zero-order chi connectivity index (χ0) is 22.2. The third kappa shape index (κ3) is 3.52. The highest BCUT2D eigenvalue weighted by Crippen LogP contribution is 2.43. The van der Waals surface area contributed by atoms with Crippen LogP contribution in [0.15, 0.2) is 72.8 Å². The minimum absolute atomic E-state index is 0.184. The molecule has 0 saturated carbocycles. The summed E-state index contributed by atoms with van der Waals surface area (Å²) in [6.07, 6.45) is 0. The van der Waals surface area contributed by atoms with Crippen molar-refractivity contribution in [2.45, 2.75) is 12.6 Å². The van der Waals surface area contributed by atoms with Gasteiger partial charge in [0.15, 0.2) is 0 Å². The van der Waals surface area contributed by atoms with Crippen LogP contribution in [-0.2, 0) is 6.54 Å². The van der Waals surface area contributed by atoms with Crippen molar-refractivity contribution in [3.63, 3.8) is 0 Å². The Bertz CT molecular complexity index is 1290. The summed E-state index contributed by atoms with van der Waals surface area (Å²) in [7, 11) is 1.61. The fourth-order valence-corrected chi connectivity index (χ4v) is 4.26. The molecule has 0 aliphatic carbocycles. The van der Waals surface area contributed by atoms with Crippen molar-refractivity contribution in [2.24, 2.45) is 0 Å². The van der Waals surface area contributed by atoms with Crippen molar-refractivity contribution in [1.82, 2.24) is 15.1 Å². The lowest BCUT2D eigenvalue weighted by Gasteiger charge is -2.26. The van der Waals surface area contributed by atoms with E-state index < -0.39 is 6.04 Å². The average Bonchev–Trinajstić information content (AvgIpc) is 3.35. The van der Waals surface area contributed by atoms with E-state index in [0.29, 0.717) is 28.5 Å². The van der Waals surface area contributed by atoms with Crippen LogP contribution < -0.4 is 4.74 Å². The monoisotopic (exact) mass is 447 g/mol. The fraction of sp³-hybridized carbons (Fsp3) is 0.120. The molecule has 7 heteroatoms. The van der Waals surface area contributed by atoms with Crippen LogP contribution in [-0.4, -0.2) is 28.1 Å². The van der Waals surface area contributed by atoms with Crippen molar-refractivity contribution < 1.29 is 13.9 Å². The number of carbonyl (C=O) groups excluding carboxylic acids is 1. The van der Waals surface area contributed by atoms with E-state index in [-0.39, 0.29) is 11.7 Å². The number of hydrogen-bond acceptors (Lipinski definition) is 3. The third-order valence-corrected chi connectivity index (χ3v) is 5.91. The van der Waals surface area contributed by atoms with Gasteiger partial charge in [-0.1, -0.05) is 35.9 Å². The van der Waals surface area contributed by atoms with E-state index in [9.17, 15) is 9.18 Å². The Kier molecular flexibility index (Phi) is 5.15. The zero-order valence-electron chi connectivity index (χ0n) is 17.2. The van der Waals surface area contributed by atoms with E-state index in [2.05, 4.69) is 10.2 Å². The molecule has 5 rings (SSSR count). The summed E-state index contributed by atoms with van der Waals surface area (Å²) in [6, 6.07) is 20.7. The minimum atomic E-state index is -0.486. The van der Waals surface area contributed by atoms with Crippen molar-refractivity contribution in [3.8, 4) is 17.0 Å². The zero-order valence-corrected chi connectivity index (χ0v) is 17.9. The molecule has 0 spiro atoms. The number of benzene rings is 3. The number of nitrogens with one attached hydrogen (secondary N) is 1. The molecule has 5 nitrogen and oxygen atoms in total. The Hall–Kier alpha value is -3.64. The first kappa shape index (κ1) is 20.3. The normalized spacial score (nSPS) is 15.2. The Balaban J connectivity index is 1.62. The van der Waals surface area contributed by atoms with Gasteiger partial charge < -0.3 is 9.64 Å². The predicted molar refractivity (Wildman–Crippen MR) is 120 cm³/mol. The fourth-order valence-electron chi connectivity index (χ4n) is 4.14. The van der Waals surface area contributed by atoms with Crippen molar-refractivity contribution in [1.29, 1.82) is 0 Å². The molecule has 0 fully saturated rings. The number of aromatic nitrogens is 2. The first-order valence-corrected chi connectivity index (χ1v) is 10.5. The minimum Gasteiger partial charge on any atom is -0.497 e.